The highest BCUT2D eigenvalue weighted by atomic mass is 16.5. The largest absolute Gasteiger partial charge is 0.352 e. The second-order valence-electron chi connectivity index (χ2n) is 6.44. The van der Waals surface area contributed by atoms with Crippen molar-refractivity contribution in [3.05, 3.63) is 83.7 Å². The average molecular weight is 318 g/mol. The second kappa shape index (κ2) is 6.17. The molecule has 0 aliphatic carbocycles. The first kappa shape index (κ1) is 15.0. The predicted molar refractivity (Wildman–Crippen MR) is 97.7 cm³/mol. The smallest absolute Gasteiger partial charge is 0.158 e. The highest BCUT2D eigenvalue weighted by Gasteiger charge is 2.27. The van der Waals surface area contributed by atoms with E-state index in [2.05, 4.69) is 90.3 Å². The van der Waals surface area contributed by atoms with E-state index in [0.29, 0.717) is 0 Å². The Kier molecular flexibility index (Phi) is 3.87. The van der Waals surface area contributed by atoms with Crippen LogP contribution in [0.4, 0.5) is 5.69 Å². The molecule has 3 heteroatoms. The second-order valence-corrected chi connectivity index (χ2v) is 6.44. The molecule has 1 unspecified atom stereocenters. The SMILES string of the molecule is Cc1ccc(-n2ccc(C3OCCN3c3cccc(C)c3)c2)cc1. The average Bonchev–Trinajstić information content (AvgIpc) is 3.24. The lowest BCUT2D eigenvalue weighted by molar-refractivity contribution is 0.114. The topological polar surface area (TPSA) is 17.4 Å². The van der Waals surface area contributed by atoms with E-state index < -0.39 is 0 Å². The van der Waals surface area contributed by atoms with Crippen molar-refractivity contribution < 1.29 is 4.74 Å². The maximum atomic E-state index is 6.03. The fourth-order valence-electron chi connectivity index (χ4n) is 3.25. The number of hydrogen-bond acceptors (Lipinski definition) is 2. The third-order valence-electron chi connectivity index (χ3n) is 4.56. The van der Waals surface area contributed by atoms with Crippen molar-refractivity contribution in [1.82, 2.24) is 4.57 Å². The summed E-state index contributed by atoms with van der Waals surface area (Å²) in [6, 6.07) is 19.3. The summed E-state index contributed by atoms with van der Waals surface area (Å²) in [7, 11) is 0. The summed E-state index contributed by atoms with van der Waals surface area (Å²) in [5.74, 6) is 0. The minimum atomic E-state index is -0.0153. The van der Waals surface area contributed by atoms with E-state index in [1.807, 2.05) is 0 Å². The number of hydrogen-bond donors (Lipinski definition) is 0. The van der Waals surface area contributed by atoms with Gasteiger partial charge < -0.3 is 14.2 Å². The number of anilines is 1. The zero-order valence-corrected chi connectivity index (χ0v) is 14.1. The van der Waals surface area contributed by atoms with Gasteiger partial charge in [-0.1, -0.05) is 29.8 Å². The summed E-state index contributed by atoms with van der Waals surface area (Å²) in [4.78, 5) is 2.34. The Hall–Kier alpha value is -2.52. The molecule has 0 amide bonds. The van der Waals surface area contributed by atoms with Crippen molar-refractivity contribution in [3.63, 3.8) is 0 Å². The first-order valence-electron chi connectivity index (χ1n) is 8.40. The number of aryl methyl sites for hydroxylation is 2. The zero-order chi connectivity index (χ0) is 16.5. The van der Waals surface area contributed by atoms with E-state index >= 15 is 0 Å². The Morgan fingerprint density at radius 3 is 2.54 bits per heavy atom. The van der Waals surface area contributed by atoms with Gasteiger partial charge in [-0.15, -0.1) is 0 Å². The van der Waals surface area contributed by atoms with E-state index in [4.69, 9.17) is 4.74 Å². The lowest BCUT2D eigenvalue weighted by atomic mass is 10.2. The minimum absolute atomic E-state index is 0.0153. The fourth-order valence-corrected chi connectivity index (χ4v) is 3.25. The molecule has 3 aromatic rings. The van der Waals surface area contributed by atoms with Gasteiger partial charge in [-0.05, 0) is 49.7 Å². The molecular weight excluding hydrogens is 296 g/mol. The molecule has 1 aliphatic heterocycles. The van der Waals surface area contributed by atoms with Crippen LogP contribution in [0.1, 0.15) is 22.9 Å². The van der Waals surface area contributed by atoms with E-state index in [1.54, 1.807) is 0 Å². The molecule has 24 heavy (non-hydrogen) atoms. The van der Waals surface area contributed by atoms with Crippen LogP contribution in [0.5, 0.6) is 0 Å². The molecule has 0 N–H and O–H groups in total. The summed E-state index contributed by atoms with van der Waals surface area (Å²) in [5, 5.41) is 0. The van der Waals surface area contributed by atoms with Crippen LogP contribution in [0.3, 0.4) is 0 Å². The Bertz CT molecular complexity index is 835. The highest BCUT2D eigenvalue weighted by Crippen LogP contribution is 2.33. The van der Waals surface area contributed by atoms with E-state index in [0.717, 1.165) is 13.2 Å². The molecule has 1 aromatic heterocycles. The van der Waals surface area contributed by atoms with Crippen molar-refractivity contribution in [2.75, 3.05) is 18.1 Å². The number of nitrogens with zero attached hydrogens (tertiary/aromatic N) is 2. The van der Waals surface area contributed by atoms with Gasteiger partial charge in [0.1, 0.15) is 0 Å². The maximum absolute atomic E-state index is 6.03. The van der Waals surface area contributed by atoms with Gasteiger partial charge in [-0.2, -0.15) is 0 Å². The van der Waals surface area contributed by atoms with Crippen LogP contribution in [0, 0.1) is 13.8 Å². The zero-order valence-electron chi connectivity index (χ0n) is 14.1. The van der Waals surface area contributed by atoms with Gasteiger partial charge in [0.25, 0.3) is 0 Å². The monoisotopic (exact) mass is 318 g/mol. The third kappa shape index (κ3) is 2.83. The van der Waals surface area contributed by atoms with Crippen LogP contribution in [0.15, 0.2) is 67.0 Å². The lowest BCUT2D eigenvalue weighted by Gasteiger charge is -2.25. The van der Waals surface area contributed by atoms with Crippen LogP contribution < -0.4 is 4.90 Å². The highest BCUT2D eigenvalue weighted by molar-refractivity contribution is 5.51. The van der Waals surface area contributed by atoms with Crippen molar-refractivity contribution in [3.8, 4) is 5.69 Å². The number of ether oxygens (including phenoxy) is 1. The third-order valence-corrected chi connectivity index (χ3v) is 4.56. The fraction of sp³-hybridized carbons (Fsp3) is 0.238. The van der Waals surface area contributed by atoms with Crippen molar-refractivity contribution >= 4 is 5.69 Å². The van der Waals surface area contributed by atoms with Gasteiger partial charge in [-0.3, -0.25) is 0 Å². The van der Waals surface area contributed by atoms with Crippen LogP contribution in [-0.2, 0) is 4.74 Å². The molecule has 1 atom stereocenters. The van der Waals surface area contributed by atoms with Crippen LogP contribution in [0.2, 0.25) is 0 Å². The van der Waals surface area contributed by atoms with E-state index in [9.17, 15) is 0 Å². The Morgan fingerprint density at radius 1 is 0.917 bits per heavy atom. The Labute approximate surface area is 143 Å². The summed E-state index contributed by atoms with van der Waals surface area (Å²) < 4.78 is 8.18. The van der Waals surface area contributed by atoms with Crippen molar-refractivity contribution in [1.29, 1.82) is 0 Å². The minimum Gasteiger partial charge on any atom is -0.352 e. The van der Waals surface area contributed by atoms with Crippen LogP contribution in [-0.4, -0.2) is 17.7 Å². The molecule has 0 spiro atoms. The van der Waals surface area contributed by atoms with Crippen molar-refractivity contribution in [2.24, 2.45) is 0 Å². The maximum Gasteiger partial charge on any atom is 0.158 e. The quantitative estimate of drug-likeness (QED) is 0.700. The van der Waals surface area contributed by atoms with Crippen LogP contribution in [0.25, 0.3) is 5.69 Å². The van der Waals surface area contributed by atoms with E-state index in [-0.39, 0.29) is 6.23 Å². The summed E-state index contributed by atoms with van der Waals surface area (Å²) >= 11 is 0. The molecule has 3 nitrogen and oxygen atoms in total. The molecule has 0 saturated carbocycles. The van der Waals surface area contributed by atoms with Gasteiger partial charge in [-0.25, -0.2) is 0 Å². The van der Waals surface area contributed by atoms with Gasteiger partial charge in [0.2, 0.25) is 0 Å². The van der Waals surface area contributed by atoms with Gasteiger partial charge in [0.05, 0.1) is 6.61 Å². The molecule has 1 aliphatic rings. The molecular formula is C21H22N2O. The lowest BCUT2D eigenvalue weighted by Crippen LogP contribution is -2.23. The van der Waals surface area contributed by atoms with E-state index in [1.165, 1.54) is 28.1 Å². The number of benzene rings is 2. The van der Waals surface area contributed by atoms with Crippen molar-refractivity contribution in [2.45, 2.75) is 20.1 Å². The molecule has 4 rings (SSSR count). The normalized spacial score (nSPS) is 17.4. The summed E-state index contributed by atoms with van der Waals surface area (Å²) in [5.41, 5.74) is 6.13. The molecule has 2 heterocycles. The molecule has 1 fully saturated rings. The summed E-state index contributed by atoms with van der Waals surface area (Å²) in [6.07, 6.45) is 4.26. The molecule has 2 aromatic carbocycles. The predicted octanol–water partition coefficient (Wildman–Crippen LogP) is 4.63. The number of rotatable bonds is 3. The standard InChI is InChI=1S/C21H22N2O/c1-16-6-8-19(9-7-16)22-11-10-18(15-22)21-23(12-13-24-21)20-5-3-4-17(2)14-20/h3-11,14-15,21H,12-13H2,1-2H3. The van der Waals surface area contributed by atoms with Gasteiger partial charge >= 0.3 is 0 Å². The molecule has 0 radical (unpaired) electrons. The van der Waals surface area contributed by atoms with Crippen LogP contribution >= 0.6 is 0 Å². The van der Waals surface area contributed by atoms with Gasteiger partial charge in [0.15, 0.2) is 6.23 Å². The first-order chi connectivity index (χ1) is 11.7. The first-order valence-corrected chi connectivity index (χ1v) is 8.40. The molecule has 1 saturated heterocycles. The summed E-state index contributed by atoms with van der Waals surface area (Å²) in [6.45, 7) is 5.92. The number of aromatic nitrogens is 1. The Morgan fingerprint density at radius 2 is 1.75 bits per heavy atom. The molecule has 122 valence electrons. The van der Waals surface area contributed by atoms with Gasteiger partial charge in [0, 0.05) is 35.9 Å². The molecule has 0 bridgehead atoms. The Balaban J connectivity index is 1.62.